The highest BCUT2D eigenvalue weighted by Crippen LogP contribution is 2.34. The van der Waals surface area contributed by atoms with Gasteiger partial charge in [-0.1, -0.05) is 20.3 Å². The molecule has 0 spiro atoms. The first-order valence-electron chi connectivity index (χ1n) is 7.76. The molecule has 0 saturated heterocycles. The van der Waals surface area contributed by atoms with Gasteiger partial charge in [0.1, 0.15) is 0 Å². The summed E-state index contributed by atoms with van der Waals surface area (Å²) < 4.78 is 0. The lowest BCUT2D eigenvalue weighted by molar-refractivity contribution is 0.348. The summed E-state index contributed by atoms with van der Waals surface area (Å²) >= 11 is 1.88. The molecule has 1 aromatic rings. The maximum atomic E-state index is 4.73. The van der Waals surface area contributed by atoms with E-state index in [1.165, 1.54) is 41.3 Å². The van der Waals surface area contributed by atoms with E-state index in [2.05, 4.69) is 33.0 Å². The van der Waals surface area contributed by atoms with Gasteiger partial charge in [0.25, 0.3) is 0 Å². The van der Waals surface area contributed by atoms with E-state index in [0.717, 1.165) is 24.8 Å². The molecule has 0 bridgehead atoms. The average molecular weight is 280 g/mol. The van der Waals surface area contributed by atoms with Crippen molar-refractivity contribution in [1.82, 2.24) is 10.3 Å². The Morgan fingerprint density at radius 1 is 1.37 bits per heavy atom. The van der Waals surface area contributed by atoms with E-state index < -0.39 is 0 Å². The van der Waals surface area contributed by atoms with Crippen LogP contribution in [0.4, 0.5) is 0 Å². The molecule has 0 radical (unpaired) electrons. The van der Waals surface area contributed by atoms with Crippen LogP contribution in [0.5, 0.6) is 0 Å². The zero-order valence-electron chi connectivity index (χ0n) is 12.8. The van der Waals surface area contributed by atoms with Gasteiger partial charge in [-0.2, -0.15) is 0 Å². The fourth-order valence-corrected chi connectivity index (χ4v) is 4.16. The molecule has 1 N–H and O–H groups in total. The van der Waals surface area contributed by atoms with Crippen molar-refractivity contribution >= 4 is 11.3 Å². The zero-order valence-corrected chi connectivity index (χ0v) is 13.6. The van der Waals surface area contributed by atoms with E-state index in [-0.39, 0.29) is 0 Å². The molecule has 0 amide bonds. The van der Waals surface area contributed by atoms with Gasteiger partial charge in [-0.05, 0) is 51.5 Å². The summed E-state index contributed by atoms with van der Waals surface area (Å²) in [5.74, 6) is 1.77. The summed E-state index contributed by atoms with van der Waals surface area (Å²) in [5, 5.41) is 5.10. The second kappa shape index (κ2) is 6.85. The van der Waals surface area contributed by atoms with Gasteiger partial charge in [0.15, 0.2) is 0 Å². The topological polar surface area (TPSA) is 24.9 Å². The van der Waals surface area contributed by atoms with Gasteiger partial charge in [0.2, 0.25) is 0 Å². The lowest BCUT2D eigenvalue weighted by atomic mass is 9.94. The summed E-state index contributed by atoms with van der Waals surface area (Å²) in [5.41, 5.74) is 1.22. The van der Waals surface area contributed by atoms with Crippen LogP contribution in [0.15, 0.2) is 0 Å². The number of hydrogen-bond acceptors (Lipinski definition) is 3. The van der Waals surface area contributed by atoms with E-state index in [4.69, 9.17) is 4.98 Å². The van der Waals surface area contributed by atoms with Crippen LogP contribution in [0, 0.1) is 25.7 Å². The third-order valence-electron chi connectivity index (χ3n) is 4.43. The average Bonchev–Trinajstić information content (AvgIpc) is 2.92. The van der Waals surface area contributed by atoms with Crippen LogP contribution in [0.2, 0.25) is 0 Å². The highest BCUT2D eigenvalue weighted by Gasteiger charge is 2.29. The molecule has 1 saturated carbocycles. The lowest BCUT2D eigenvalue weighted by Gasteiger charge is -2.24. The van der Waals surface area contributed by atoms with E-state index in [1.807, 2.05) is 11.3 Å². The smallest absolute Gasteiger partial charge is 0.0946 e. The van der Waals surface area contributed by atoms with Crippen LogP contribution in [0.25, 0.3) is 0 Å². The first-order valence-corrected chi connectivity index (χ1v) is 8.58. The maximum absolute atomic E-state index is 4.73. The minimum atomic E-state index is 0.634. The van der Waals surface area contributed by atoms with Gasteiger partial charge in [-0.3, -0.25) is 0 Å². The highest BCUT2D eigenvalue weighted by atomic mass is 32.1. The minimum Gasteiger partial charge on any atom is -0.313 e. The molecular formula is C16H28N2S. The summed E-state index contributed by atoms with van der Waals surface area (Å²) in [6.07, 6.45) is 6.53. The summed E-state index contributed by atoms with van der Waals surface area (Å²) in [6, 6.07) is 0.634. The van der Waals surface area contributed by atoms with Crippen LogP contribution in [-0.2, 0) is 6.42 Å². The molecule has 19 heavy (non-hydrogen) atoms. The monoisotopic (exact) mass is 280 g/mol. The third-order valence-corrected chi connectivity index (χ3v) is 5.52. The number of thiazole rings is 1. The molecule has 1 aromatic heterocycles. The van der Waals surface area contributed by atoms with Gasteiger partial charge in [-0.15, -0.1) is 11.3 Å². The van der Waals surface area contributed by atoms with Crippen LogP contribution in [-0.4, -0.2) is 17.6 Å². The number of hydrogen-bond donors (Lipinski definition) is 1. The molecule has 3 heteroatoms. The van der Waals surface area contributed by atoms with Gasteiger partial charge in [0.05, 0.1) is 10.7 Å². The van der Waals surface area contributed by atoms with E-state index in [9.17, 15) is 0 Å². The number of aromatic nitrogens is 1. The molecule has 108 valence electrons. The van der Waals surface area contributed by atoms with E-state index >= 15 is 0 Å². The van der Waals surface area contributed by atoms with Crippen molar-refractivity contribution in [3.63, 3.8) is 0 Å². The highest BCUT2D eigenvalue weighted by molar-refractivity contribution is 7.11. The van der Waals surface area contributed by atoms with Crippen LogP contribution >= 0.6 is 11.3 Å². The van der Waals surface area contributed by atoms with Crippen molar-refractivity contribution in [3.8, 4) is 0 Å². The first kappa shape index (κ1) is 15.0. The Balaban J connectivity index is 2.00. The molecule has 3 atom stereocenters. The molecule has 1 aliphatic rings. The zero-order chi connectivity index (χ0) is 13.8. The largest absolute Gasteiger partial charge is 0.313 e. The van der Waals surface area contributed by atoms with Crippen molar-refractivity contribution in [2.45, 2.75) is 65.8 Å². The summed E-state index contributed by atoms with van der Waals surface area (Å²) in [4.78, 5) is 6.11. The van der Waals surface area contributed by atoms with E-state index in [0.29, 0.717) is 6.04 Å². The Labute approximate surface area is 122 Å². The number of aryl methyl sites for hydroxylation is 2. The fraction of sp³-hybridized carbons (Fsp3) is 0.812. The lowest BCUT2D eigenvalue weighted by Crippen LogP contribution is -2.37. The molecule has 0 aromatic carbocycles. The predicted octanol–water partition coefficient (Wildman–Crippen LogP) is 4.11. The maximum Gasteiger partial charge on any atom is 0.0946 e. The van der Waals surface area contributed by atoms with Gasteiger partial charge in [-0.25, -0.2) is 4.98 Å². The summed E-state index contributed by atoms with van der Waals surface area (Å²) in [7, 11) is 0. The summed E-state index contributed by atoms with van der Waals surface area (Å²) in [6.45, 7) is 10.1. The Hall–Kier alpha value is -0.410. The number of rotatable bonds is 6. The third kappa shape index (κ3) is 4.03. The van der Waals surface area contributed by atoms with Crippen LogP contribution < -0.4 is 5.32 Å². The molecule has 2 nitrogen and oxygen atoms in total. The van der Waals surface area contributed by atoms with Gasteiger partial charge in [0, 0.05) is 17.3 Å². The predicted molar refractivity (Wildman–Crippen MR) is 83.9 cm³/mol. The Kier molecular flexibility index (Phi) is 5.40. The fourth-order valence-electron chi connectivity index (χ4n) is 3.17. The molecular weight excluding hydrogens is 252 g/mol. The normalized spacial score (nSPS) is 24.8. The number of nitrogens with zero attached hydrogens (tertiary/aromatic N) is 1. The Morgan fingerprint density at radius 2 is 2.16 bits per heavy atom. The van der Waals surface area contributed by atoms with Gasteiger partial charge >= 0.3 is 0 Å². The van der Waals surface area contributed by atoms with Crippen LogP contribution in [0.1, 0.15) is 55.1 Å². The van der Waals surface area contributed by atoms with Crippen molar-refractivity contribution in [2.75, 3.05) is 6.54 Å². The SMILES string of the molecule is CCCNC(Cc1nc(C)c(C)s1)C1CCC(C)C1. The Bertz CT molecular complexity index is 380. The first-order chi connectivity index (χ1) is 9.10. The number of nitrogens with one attached hydrogen (secondary N) is 1. The van der Waals surface area contributed by atoms with Crippen molar-refractivity contribution in [1.29, 1.82) is 0 Å². The second-order valence-corrected chi connectivity index (χ2v) is 7.48. The molecule has 1 heterocycles. The molecule has 1 aliphatic carbocycles. The molecule has 0 aliphatic heterocycles. The second-order valence-electron chi connectivity index (χ2n) is 6.19. The molecule has 3 unspecified atom stereocenters. The molecule has 1 fully saturated rings. The van der Waals surface area contributed by atoms with Gasteiger partial charge < -0.3 is 5.32 Å². The van der Waals surface area contributed by atoms with Crippen molar-refractivity contribution in [3.05, 3.63) is 15.6 Å². The van der Waals surface area contributed by atoms with Crippen LogP contribution in [0.3, 0.4) is 0 Å². The van der Waals surface area contributed by atoms with Crippen molar-refractivity contribution < 1.29 is 0 Å². The standard InChI is InChI=1S/C16H28N2S/c1-5-8-17-15(14-7-6-11(2)9-14)10-16-18-12(3)13(4)19-16/h11,14-15,17H,5-10H2,1-4H3. The van der Waals surface area contributed by atoms with Crippen molar-refractivity contribution in [2.24, 2.45) is 11.8 Å². The minimum absolute atomic E-state index is 0.634. The Morgan fingerprint density at radius 3 is 2.68 bits per heavy atom. The molecule has 2 rings (SSSR count). The quantitative estimate of drug-likeness (QED) is 0.848. The van der Waals surface area contributed by atoms with E-state index in [1.54, 1.807) is 0 Å².